The van der Waals surface area contributed by atoms with Crippen LogP contribution in [0.25, 0.3) is 11.6 Å². The van der Waals surface area contributed by atoms with E-state index in [1.807, 2.05) is 37.5 Å². The number of carbonyl (C=O) groups is 1. The lowest BCUT2D eigenvalue weighted by molar-refractivity contribution is -0.119. The molecule has 1 aliphatic rings. The van der Waals surface area contributed by atoms with Gasteiger partial charge in [0.05, 0.1) is 24.7 Å². The minimum atomic E-state index is -0.248. The van der Waals surface area contributed by atoms with Gasteiger partial charge < -0.3 is 14.5 Å². The molecule has 0 radical (unpaired) electrons. The number of furan rings is 1. The highest BCUT2D eigenvalue weighted by Gasteiger charge is 2.23. The fourth-order valence-electron chi connectivity index (χ4n) is 2.72. The number of ether oxygens (including phenoxy) is 1. The van der Waals surface area contributed by atoms with Gasteiger partial charge in [-0.1, -0.05) is 11.8 Å². The number of nitrogens with one attached hydrogen (secondary N) is 1. The summed E-state index contributed by atoms with van der Waals surface area (Å²) in [4.78, 5) is 12.1. The van der Waals surface area contributed by atoms with Crippen molar-refractivity contribution in [2.24, 2.45) is 0 Å². The first-order chi connectivity index (χ1) is 11.9. The van der Waals surface area contributed by atoms with Crippen LogP contribution in [-0.4, -0.2) is 44.7 Å². The Hall–Kier alpha value is -1.80. The highest BCUT2D eigenvalue weighted by atomic mass is 32.2. The van der Waals surface area contributed by atoms with E-state index in [1.54, 1.807) is 6.26 Å². The molecule has 25 heavy (non-hydrogen) atoms. The van der Waals surface area contributed by atoms with Gasteiger partial charge >= 0.3 is 0 Å². The van der Waals surface area contributed by atoms with Gasteiger partial charge in [-0.2, -0.15) is 0 Å². The van der Waals surface area contributed by atoms with Crippen LogP contribution in [0.5, 0.6) is 0 Å². The van der Waals surface area contributed by atoms with Crippen LogP contribution in [0.4, 0.5) is 0 Å². The number of amides is 1. The van der Waals surface area contributed by atoms with Gasteiger partial charge in [-0.05, 0) is 45.7 Å². The number of carbonyl (C=O) groups excluding carboxylic acids is 1. The van der Waals surface area contributed by atoms with Crippen molar-refractivity contribution in [2.45, 2.75) is 57.0 Å². The highest BCUT2D eigenvalue weighted by molar-refractivity contribution is 7.99. The van der Waals surface area contributed by atoms with Crippen LogP contribution in [-0.2, 0) is 16.1 Å². The van der Waals surface area contributed by atoms with Crippen LogP contribution in [0.1, 0.15) is 33.6 Å². The summed E-state index contributed by atoms with van der Waals surface area (Å²) in [6.07, 6.45) is 3.85. The van der Waals surface area contributed by atoms with Crippen LogP contribution in [0.3, 0.4) is 0 Å². The summed E-state index contributed by atoms with van der Waals surface area (Å²) >= 11 is 1.38. The largest absolute Gasteiger partial charge is 0.461 e. The fraction of sp³-hybridized carbons (Fsp3) is 0.588. The Kier molecular flexibility index (Phi) is 5.48. The number of aromatic nitrogens is 3. The second-order valence-electron chi connectivity index (χ2n) is 7.12. The Morgan fingerprint density at radius 2 is 2.28 bits per heavy atom. The number of hydrogen-bond acceptors (Lipinski definition) is 6. The maximum atomic E-state index is 12.1. The molecule has 0 saturated carbocycles. The van der Waals surface area contributed by atoms with E-state index in [9.17, 15) is 4.79 Å². The maximum Gasteiger partial charge on any atom is 0.230 e. The van der Waals surface area contributed by atoms with E-state index < -0.39 is 0 Å². The molecule has 0 bridgehead atoms. The molecule has 1 N–H and O–H groups in total. The number of rotatable bonds is 6. The second-order valence-corrected chi connectivity index (χ2v) is 8.06. The summed E-state index contributed by atoms with van der Waals surface area (Å²) in [7, 11) is 0. The lowest BCUT2D eigenvalue weighted by Crippen LogP contribution is -2.41. The predicted octanol–water partition coefficient (Wildman–Crippen LogP) is 2.72. The SMILES string of the molecule is CC(C)(C)NC(=O)CSc1nnc(-c2ccco2)n1C[C@H]1CCCO1. The van der Waals surface area contributed by atoms with Gasteiger partial charge in [0.1, 0.15) is 0 Å². The van der Waals surface area contributed by atoms with E-state index >= 15 is 0 Å². The first-order valence-electron chi connectivity index (χ1n) is 8.45. The summed E-state index contributed by atoms with van der Waals surface area (Å²) in [5.41, 5.74) is -0.248. The van der Waals surface area contributed by atoms with Gasteiger partial charge in [0.25, 0.3) is 0 Å². The number of nitrogens with zero attached hydrogens (tertiary/aromatic N) is 3. The van der Waals surface area contributed by atoms with Crippen LogP contribution >= 0.6 is 11.8 Å². The zero-order chi connectivity index (χ0) is 17.9. The summed E-state index contributed by atoms with van der Waals surface area (Å²) in [6, 6.07) is 3.68. The molecule has 3 heterocycles. The third-order valence-electron chi connectivity index (χ3n) is 3.72. The Morgan fingerprint density at radius 1 is 1.44 bits per heavy atom. The minimum absolute atomic E-state index is 0.0243. The third-order valence-corrected chi connectivity index (χ3v) is 4.68. The molecular formula is C17H24N4O3S. The minimum Gasteiger partial charge on any atom is -0.461 e. The molecule has 2 aromatic heterocycles. The van der Waals surface area contributed by atoms with Crippen molar-refractivity contribution < 1.29 is 13.9 Å². The monoisotopic (exact) mass is 364 g/mol. The Morgan fingerprint density at radius 3 is 2.92 bits per heavy atom. The summed E-state index contributed by atoms with van der Waals surface area (Å²) < 4.78 is 13.2. The molecule has 0 unspecified atom stereocenters. The van der Waals surface area contributed by atoms with Gasteiger partial charge in [0, 0.05) is 12.1 Å². The van der Waals surface area contributed by atoms with E-state index in [1.165, 1.54) is 11.8 Å². The van der Waals surface area contributed by atoms with E-state index in [0.29, 0.717) is 29.0 Å². The standard InChI is InChI=1S/C17H24N4O3S/c1-17(2,3)18-14(22)11-25-16-20-19-15(13-7-5-9-24-13)21(16)10-12-6-4-8-23-12/h5,7,9,12H,4,6,8,10-11H2,1-3H3,(H,18,22)/t12-/m1/s1. The van der Waals surface area contributed by atoms with Crippen molar-refractivity contribution in [1.82, 2.24) is 20.1 Å². The van der Waals surface area contributed by atoms with Gasteiger partial charge in [0.2, 0.25) is 11.7 Å². The average Bonchev–Trinajstić information content (AvgIpc) is 3.26. The van der Waals surface area contributed by atoms with E-state index in [-0.39, 0.29) is 17.6 Å². The molecule has 8 heteroatoms. The van der Waals surface area contributed by atoms with Gasteiger partial charge in [0.15, 0.2) is 10.9 Å². The molecule has 1 saturated heterocycles. The van der Waals surface area contributed by atoms with Crippen molar-refractivity contribution >= 4 is 17.7 Å². The Labute approximate surface area is 151 Å². The summed E-state index contributed by atoms with van der Waals surface area (Å²) in [5.74, 6) is 1.60. The van der Waals surface area contributed by atoms with Crippen molar-refractivity contribution in [3.63, 3.8) is 0 Å². The average molecular weight is 364 g/mol. The number of thioether (sulfide) groups is 1. The molecule has 136 valence electrons. The van der Waals surface area contributed by atoms with Crippen molar-refractivity contribution in [1.29, 1.82) is 0 Å². The van der Waals surface area contributed by atoms with Crippen LogP contribution in [0.2, 0.25) is 0 Å². The normalized spacial score (nSPS) is 17.8. The quantitative estimate of drug-likeness (QED) is 0.794. The molecule has 0 aliphatic carbocycles. The topological polar surface area (TPSA) is 82.2 Å². The second kappa shape index (κ2) is 7.61. The molecule has 1 amide bonds. The summed E-state index contributed by atoms with van der Waals surface area (Å²) in [5, 5.41) is 12.2. The molecule has 0 aromatic carbocycles. The van der Waals surface area contributed by atoms with E-state index in [4.69, 9.17) is 9.15 Å². The Bertz CT molecular complexity index is 700. The van der Waals surface area contributed by atoms with Crippen LogP contribution in [0, 0.1) is 0 Å². The third kappa shape index (κ3) is 4.85. The fourth-order valence-corrected chi connectivity index (χ4v) is 3.47. The van der Waals surface area contributed by atoms with Crippen molar-refractivity contribution in [3.8, 4) is 11.6 Å². The van der Waals surface area contributed by atoms with Gasteiger partial charge in [-0.3, -0.25) is 9.36 Å². The molecule has 2 aromatic rings. The van der Waals surface area contributed by atoms with Crippen molar-refractivity contribution in [2.75, 3.05) is 12.4 Å². The molecule has 3 rings (SSSR count). The maximum absolute atomic E-state index is 12.1. The first kappa shape index (κ1) is 18.0. The molecule has 1 fully saturated rings. The highest BCUT2D eigenvalue weighted by Crippen LogP contribution is 2.26. The van der Waals surface area contributed by atoms with Gasteiger partial charge in [-0.25, -0.2) is 0 Å². The lowest BCUT2D eigenvalue weighted by atomic mass is 10.1. The molecule has 7 nitrogen and oxygen atoms in total. The van der Waals surface area contributed by atoms with E-state index in [0.717, 1.165) is 19.4 Å². The molecule has 1 atom stereocenters. The number of hydrogen-bond donors (Lipinski definition) is 1. The molecular weight excluding hydrogens is 340 g/mol. The van der Waals surface area contributed by atoms with Crippen LogP contribution in [0.15, 0.2) is 28.0 Å². The molecule has 1 aliphatic heterocycles. The zero-order valence-corrected chi connectivity index (χ0v) is 15.6. The van der Waals surface area contributed by atoms with E-state index in [2.05, 4.69) is 15.5 Å². The van der Waals surface area contributed by atoms with Crippen molar-refractivity contribution in [3.05, 3.63) is 18.4 Å². The lowest BCUT2D eigenvalue weighted by Gasteiger charge is -2.20. The zero-order valence-electron chi connectivity index (χ0n) is 14.8. The summed E-state index contributed by atoms with van der Waals surface area (Å²) in [6.45, 7) is 7.34. The Balaban J connectivity index is 1.75. The smallest absolute Gasteiger partial charge is 0.230 e. The van der Waals surface area contributed by atoms with Crippen LogP contribution < -0.4 is 5.32 Å². The first-order valence-corrected chi connectivity index (χ1v) is 9.43. The van der Waals surface area contributed by atoms with Gasteiger partial charge in [-0.15, -0.1) is 10.2 Å². The molecule has 0 spiro atoms. The predicted molar refractivity (Wildman–Crippen MR) is 95.3 cm³/mol.